The van der Waals surface area contributed by atoms with Crippen LogP contribution in [0.15, 0.2) is 48.5 Å². The van der Waals surface area contributed by atoms with Gasteiger partial charge in [-0.1, -0.05) is 30.3 Å². The first kappa shape index (κ1) is 21.6. The molecule has 2 amide bonds. The summed E-state index contributed by atoms with van der Waals surface area (Å²) in [5, 5.41) is 6.00. The molecule has 1 aliphatic heterocycles. The van der Waals surface area contributed by atoms with Crippen LogP contribution in [-0.4, -0.2) is 56.0 Å². The number of hydrogen-bond acceptors (Lipinski definition) is 4. The lowest BCUT2D eigenvalue weighted by Gasteiger charge is -2.34. The third kappa shape index (κ3) is 5.73. The van der Waals surface area contributed by atoms with Gasteiger partial charge in [-0.15, -0.1) is 0 Å². The van der Waals surface area contributed by atoms with Crippen molar-refractivity contribution in [2.24, 2.45) is 0 Å². The standard InChI is InChI=1S/C23H30N4O3/c1-17(24-21-15-20(25-18(2)28)9-10-22(21)30-3)23(29)27-13-11-26(12-14-27)16-19-7-5-4-6-8-19/h4-10,15,17,24H,11-14,16H2,1-3H3,(H,25,28)/p+1/t17-/m1/s1. The first-order valence-corrected chi connectivity index (χ1v) is 10.3. The Kier molecular flexibility index (Phi) is 7.30. The highest BCUT2D eigenvalue weighted by molar-refractivity contribution is 5.90. The summed E-state index contributed by atoms with van der Waals surface area (Å²) in [6.45, 7) is 7.68. The van der Waals surface area contributed by atoms with Gasteiger partial charge in [-0.3, -0.25) is 9.59 Å². The summed E-state index contributed by atoms with van der Waals surface area (Å²) >= 11 is 0. The van der Waals surface area contributed by atoms with E-state index in [1.165, 1.54) is 17.4 Å². The van der Waals surface area contributed by atoms with E-state index in [0.29, 0.717) is 17.1 Å². The minimum atomic E-state index is -0.401. The maximum Gasteiger partial charge on any atom is 0.245 e. The Balaban J connectivity index is 1.56. The molecule has 3 rings (SSSR count). The molecule has 0 saturated carbocycles. The van der Waals surface area contributed by atoms with E-state index in [1.54, 1.807) is 25.3 Å². The van der Waals surface area contributed by atoms with E-state index in [0.717, 1.165) is 32.7 Å². The molecule has 1 saturated heterocycles. The van der Waals surface area contributed by atoms with Crippen molar-refractivity contribution in [2.75, 3.05) is 43.9 Å². The van der Waals surface area contributed by atoms with Gasteiger partial charge in [0.05, 0.1) is 39.0 Å². The average molecular weight is 412 g/mol. The third-order valence-corrected chi connectivity index (χ3v) is 5.34. The molecule has 0 unspecified atom stereocenters. The van der Waals surface area contributed by atoms with Crippen LogP contribution in [0.25, 0.3) is 0 Å². The van der Waals surface area contributed by atoms with Crippen LogP contribution in [-0.2, 0) is 16.1 Å². The molecule has 3 N–H and O–H groups in total. The van der Waals surface area contributed by atoms with Crippen molar-refractivity contribution >= 4 is 23.2 Å². The Hall–Kier alpha value is -3.06. The number of ether oxygens (including phenoxy) is 1. The van der Waals surface area contributed by atoms with Crippen LogP contribution in [0.4, 0.5) is 11.4 Å². The summed E-state index contributed by atoms with van der Waals surface area (Å²) < 4.78 is 5.40. The fourth-order valence-electron chi connectivity index (χ4n) is 3.78. The number of piperazine rings is 1. The van der Waals surface area contributed by atoms with E-state index >= 15 is 0 Å². The fourth-order valence-corrected chi connectivity index (χ4v) is 3.78. The van der Waals surface area contributed by atoms with Crippen LogP contribution in [0.3, 0.4) is 0 Å². The van der Waals surface area contributed by atoms with Crippen molar-refractivity contribution < 1.29 is 19.2 Å². The van der Waals surface area contributed by atoms with Gasteiger partial charge in [0.15, 0.2) is 0 Å². The molecule has 1 fully saturated rings. The van der Waals surface area contributed by atoms with Crippen molar-refractivity contribution in [3.63, 3.8) is 0 Å². The van der Waals surface area contributed by atoms with Crippen molar-refractivity contribution in [2.45, 2.75) is 26.4 Å². The summed E-state index contributed by atoms with van der Waals surface area (Å²) in [6.07, 6.45) is 0. The number of nitrogens with zero attached hydrogens (tertiary/aromatic N) is 1. The quantitative estimate of drug-likeness (QED) is 0.644. The molecule has 1 heterocycles. The number of carbonyl (C=O) groups is 2. The molecular weight excluding hydrogens is 380 g/mol. The summed E-state index contributed by atoms with van der Waals surface area (Å²) in [5.41, 5.74) is 2.66. The predicted molar refractivity (Wildman–Crippen MR) is 118 cm³/mol. The highest BCUT2D eigenvalue weighted by atomic mass is 16.5. The molecule has 160 valence electrons. The van der Waals surface area contributed by atoms with E-state index in [2.05, 4.69) is 34.9 Å². The first-order valence-electron chi connectivity index (χ1n) is 10.3. The zero-order valence-corrected chi connectivity index (χ0v) is 17.9. The summed E-state index contributed by atoms with van der Waals surface area (Å²) in [4.78, 5) is 27.7. The molecule has 1 atom stereocenters. The number of rotatable bonds is 7. The smallest absolute Gasteiger partial charge is 0.245 e. The van der Waals surface area contributed by atoms with Gasteiger partial charge in [-0.25, -0.2) is 0 Å². The van der Waals surface area contributed by atoms with Gasteiger partial charge in [-0.05, 0) is 25.1 Å². The van der Waals surface area contributed by atoms with E-state index in [4.69, 9.17) is 4.74 Å². The van der Waals surface area contributed by atoms with Crippen molar-refractivity contribution in [3.8, 4) is 5.75 Å². The van der Waals surface area contributed by atoms with Gasteiger partial charge in [-0.2, -0.15) is 0 Å². The molecule has 0 aromatic heterocycles. The number of methoxy groups -OCH3 is 1. The molecule has 0 spiro atoms. The van der Waals surface area contributed by atoms with Gasteiger partial charge >= 0.3 is 0 Å². The molecule has 1 aliphatic rings. The Labute approximate surface area is 178 Å². The molecule has 30 heavy (non-hydrogen) atoms. The Bertz CT molecular complexity index is 864. The molecule has 0 bridgehead atoms. The molecular formula is C23H31N4O3+. The number of carbonyl (C=O) groups excluding carboxylic acids is 2. The normalized spacial score (nSPS) is 15.4. The first-order chi connectivity index (χ1) is 14.5. The Morgan fingerprint density at radius 2 is 1.83 bits per heavy atom. The van der Waals surface area contributed by atoms with Gasteiger partial charge in [0.2, 0.25) is 11.8 Å². The SMILES string of the molecule is COc1ccc(NC(C)=O)cc1N[C@H](C)C(=O)N1CC[NH+](Cc2ccccc2)CC1. The Morgan fingerprint density at radius 1 is 1.13 bits per heavy atom. The zero-order valence-electron chi connectivity index (χ0n) is 17.9. The molecule has 7 heteroatoms. The largest absolute Gasteiger partial charge is 0.495 e. The lowest BCUT2D eigenvalue weighted by atomic mass is 10.1. The topological polar surface area (TPSA) is 75.1 Å². The van der Waals surface area contributed by atoms with Gasteiger partial charge in [0.1, 0.15) is 18.3 Å². The lowest BCUT2D eigenvalue weighted by molar-refractivity contribution is -0.917. The molecule has 2 aromatic rings. The second kappa shape index (κ2) is 10.1. The maximum absolute atomic E-state index is 13.0. The number of nitrogens with one attached hydrogen (secondary N) is 3. The number of anilines is 2. The lowest BCUT2D eigenvalue weighted by Crippen LogP contribution is -3.13. The van der Waals surface area contributed by atoms with Crippen LogP contribution < -0.4 is 20.3 Å². The summed E-state index contributed by atoms with van der Waals surface area (Å²) in [6, 6.07) is 15.4. The van der Waals surface area contributed by atoms with E-state index in [-0.39, 0.29) is 11.8 Å². The summed E-state index contributed by atoms with van der Waals surface area (Å²) in [7, 11) is 1.58. The molecule has 0 aliphatic carbocycles. The minimum absolute atomic E-state index is 0.0701. The van der Waals surface area contributed by atoms with Crippen molar-refractivity contribution in [1.82, 2.24) is 4.90 Å². The van der Waals surface area contributed by atoms with Gasteiger partial charge in [0.25, 0.3) is 0 Å². The number of benzene rings is 2. The van der Waals surface area contributed by atoms with Crippen LogP contribution in [0, 0.1) is 0 Å². The third-order valence-electron chi connectivity index (χ3n) is 5.34. The van der Waals surface area contributed by atoms with Crippen molar-refractivity contribution in [3.05, 3.63) is 54.1 Å². The highest BCUT2D eigenvalue weighted by Gasteiger charge is 2.27. The van der Waals surface area contributed by atoms with Crippen LogP contribution in [0.2, 0.25) is 0 Å². The number of quaternary nitrogens is 1. The monoisotopic (exact) mass is 411 g/mol. The van der Waals surface area contributed by atoms with Crippen molar-refractivity contribution in [1.29, 1.82) is 0 Å². The number of amides is 2. The minimum Gasteiger partial charge on any atom is -0.495 e. The average Bonchev–Trinajstić information content (AvgIpc) is 2.74. The molecule has 7 nitrogen and oxygen atoms in total. The maximum atomic E-state index is 13.0. The van der Waals surface area contributed by atoms with Gasteiger partial charge in [0, 0.05) is 18.2 Å². The van der Waals surface area contributed by atoms with E-state index in [9.17, 15) is 9.59 Å². The highest BCUT2D eigenvalue weighted by Crippen LogP contribution is 2.28. The van der Waals surface area contributed by atoms with Crippen LogP contribution in [0.5, 0.6) is 5.75 Å². The zero-order chi connectivity index (χ0) is 21.5. The van der Waals surface area contributed by atoms with Crippen LogP contribution in [0.1, 0.15) is 19.4 Å². The van der Waals surface area contributed by atoms with Crippen LogP contribution >= 0.6 is 0 Å². The second-order valence-electron chi connectivity index (χ2n) is 7.70. The van der Waals surface area contributed by atoms with E-state index < -0.39 is 6.04 Å². The molecule has 2 aromatic carbocycles. The van der Waals surface area contributed by atoms with Gasteiger partial charge < -0.3 is 25.2 Å². The predicted octanol–water partition coefficient (Wildman–Crippen LogP) is 1.38. The Morgan fingerprint density at radius 3 is 2.47 bits per heavy atom. The summed E-state index contributed by atoms with van der Waals surface area (Å²) in [5.74, 6) is 0.549. The van der Waals surface area contributed by atoms with E-state index in [1.807, 2.05) is 17.9 Å². The molecule has 0 radical (unpaired) electrons. The fraction of sp³-hybridized carbons (Fsp3) is 0.391. The number of hydrogen-bond donors (Lipinski definition) is 3. The second-order valence-corrected chi connectivity index (χ2v) is 7.70.